The summed E-state index contributed by atoms with van der Waals surface area (Å²) in [6, 6.07) is 0. The molecule has 0 aromatic heterocycles. The Morgan fingerprint density at radius 3 is 2.53 bits per heavy atom. The third-order valence-electron chi connectivity index (χ3n) is 8.67. The Kier molecular flexibility index (Phi) is 5.61. The van der Waals surface area contributed by atoms with Crippen molar-refractivity contribution in [2.24, 2.45) is 28.6 Å². The van der Waals surface area contributed by atoms with E-state index in [1.54, 1.807) is 6.08 Å². The number of hydrogen-bond acceptors (Lipinski definition) is 6. The monoisotopic (exact) mass is 420 g/mol. The fourth-order valence-corrected chi connectivity index (χ4v) is 7.13. The molecule has 3 fully saturated rings. The van der Waals surface area contributed by atoms with Gasteiger partial charge in [0.15, 0.2) is 12.4 Å². The second-order valence-corrected chi connectivity index (χ2v) is 10.0. The van der Waals surface area contributed by atoms with Crippen LogP contribution in [0.25, 0.3) is 0 Å². The van der Waals surface area contributed by atoms with E-state index in [0.29, 0.717) is 25.7 Å². The van der Waals surface area contributed by atoms with Gasteiger partial charge in [0.2, 0.25) is 5.78 Å². The Morgan fingerprint density at radius 1 is 1.17 bits per heavy atom. The molecule has 0 radical (unpaired) electrons. The molecule has 0 amide bonds. The molecule has 0 aromatic rings. The SMILES string of the molecule is CC(=O)OCC(=O)[C@@]1(O)CC[C@H]2[C@@H]3CCC4=CC(=O)CC[C@]4(C)[C@H]3C(=O)C[C@@]21C.O. The van der Waals surface area contributed by atoms with Crippen LogP contribution in [0.5, 0.6) is 0 Å². The van der Waals surface area contributed by atoms with Gasteiger partial charge in [-0.05, 0) is 55.4 Å². The first-order chi connectivity index (χ1) is 13.5. The van der Waals surface area contributed by atoms with Crippen LogP contribution in [0.1, 0.15) is 65.7 Å². The average molecular weight is 421 g/mol. The maximum atomic E-state index is 13.5. The van der Waals surface area contributed by atoms with Crippen molar-refractivity contribution in [3.05, 3.63) is 11.6 Å². The first kappa shape index (κ1) is 22.8. The second kappa shape index (κ2) is 7.38. The summed E-state index contributed by atoms with van der Waals surface area (Å²) in [5.74, 6) is -0.811. The smallest absolute Gasteiger partial charge is 0.303 e. The molecule has 4 aliphatic carbocycles. The summed E-state index contributed by atoms with van der Waals surface area (Å²) in [6.07, 6.45) is 5.66. The Hall–Kier alpha value is -1.86. The number of esters is 1. The Labute approximate surface area is 176 Å². The summed E-state index contributed by atoms with van der Waals surface area (Å²) in [5, 5.41) is 11.4. The van der Waals surface area contributed by atoms with Crippen molar-refractivity contribution in [3.8, 4) is 0 Å². The van der Waals surface area contributed by atoms with Crippen molar-refractivity contribution < 1.29 is 34.5 Å². The highest BCUT2D eigenvalue weighted by molar-refractivity contribution is 5.95. The van der Waals surface area contributed by atoms with Crippen LogP contribution in [0, 0.1) is 28.6 Å². The topological polar surface area (TPSA) is 129 Å². The Bertz CT molecular complexity index is 829. The lowest BCUT2D eigenvalue weighted by atomic mass is 9.46. The maximum Gasteiger partial charge on any atom is 0.303 e. The summed E-state index contributed by atoms with van der Waals surface area (Å²) in [5.41, 5.74) is -1.68. The first-order valence-corrected chi connectivity index (χ1v) is 10.7. The van der Waals surface area contributed by atoms with Crippen molar-refractivity contribution in [3.63, 3.8) is 0 Å². The largest absolute Gasteiger partial charge is 0.458 e. The van der Waals surface area contributed by atoms with Crippen LogP contribution < -0.4 is 0 Å². The molecule has 166 valence electrons. The minimum Gasteiger partial charge on any atom is -0.458 e. The van der Waals surface area contributed by atoms with Gasteiger partial charge in [-0.25, -0.2) is 0 Å². The van der Waals surface area contributed by atoms with Gasteiger partial charge in [0.1, 0.15) is 11.4 Å². The molecule has 0 unspecified atom stereocenters. The molecular formula is C23H32O7. The van der Waals surface area contributed by atoms with Gasteiger partial charge < -0.3 is 15.3 Å². The lowest BCUT2D eigenvalue weighted by Gasteiger charge is -2.57. The van der Waals surface area contributed by atoms with Crippen molar-refractivity contribution >= 4 is 23.3 Å². The van der Waals surface area contributed by atoms with Gasteiger partial charge in [-0.3, -0.25) is 19.2 Å². The van der Waals surface area contributed by atoms with Crippen LogP contribution in [0.3, 0.4) is 0 Å². The predicted octanol–water partition coefficient (Wildman–Crippen LogP) is 1.74. The Morgan fingerprint density at radius 2 is 1.87 bits per heavy atom. The molecule has 3 saturated carbocycles. The number of rotatable bonds is 3. The molecule has 4 aliphatic rings. The summed E-state index contributed by atoms with van der Waals surface area (Å²) in [4.78, 5) is 49.4. The zero-order valence-corrected chi connectivity index (χ0v) is 18.0. The predicted molar refractivity (Wildman–Crippen MR) is 107 cm³/mol. The molecule has 30 heavy (non-hydrogen) atoms. The molecule has 7 heteroatoms. The van der Waals surface area contributed by atoms with Gasteiger partial charge in [-0.2, -0.15) is 0 Å². The third-order valence-corrected chi connectivity index (χ3v) is 8.67. The number of Topliss-reactive ketones (excluding diaryl/α,β-unsaturated/α-hetero) is 2. The number of fused-ring (bicyclic) bond motifs is 5. The fourth-order valence-electron chi connectivity index (χ4n) is 7.13. The number of ether oxygens (including phenoxy) is 1. The number of allylic oxidation sites excluding steroid dienone is 1. The molecular weight excluding hydrogens is 388 g/mol. The molecule has 3 N–H and O–H groups in total. The van der Waals surface area contributed by atoms with Crippen molar-refractivity contribution in [2.75, 3.05) is 6.61 Å². The van der Waals surface area contributed by atoms with Gasteiger partial charge >= 0.3 is 5.97 Å². The molecule has 0 aliphatic heterocycles. The van der Waals surface area contributed by atoms with E-state index in [4.69, 9.17) is 4.74 Å². The number of carbonyl (C=O) groups excluding carboxylic acids is 4. The van der Waals surface area contributed by atoms with Crippen LogP contribution in [-0.4, -0.2) is 46.1 Å². The summed E-state index contributed by atoms with van der Waals surface area (Å²) in [6.45, 7) is 4.76. The molecule has 0 bridgehead atoms. The van der Waals surface area contributed by atoms with E-state index in [1.807, 2.05) is 6.92 Å². The van der Waals surface area contributed by atoms with Crippen LogP contribution in [-0.2, 0) is 23.9 Å². The van der Waals surface area contributed by atoms with Gasteiger partial charge in [-0.15, -0.1) is 0 Å². The van der Waals surface area contributed by atoms with E-state index in [0.717, 1.165) is 18.4 Å². The molecule has 0 heterocycles. The van der Waals surface area contributed by atoms with Gasteiger partial charge in [0.05, 0.1) is 0 Å². The highest BCUT2D eigenvalue weighted by Crippen LogP contribution is 2.66. The molecule has 0 aromatic carbocycles. The van der Waals surface area contributed by atoms with Gasteiger partial charge in [0.25, 0.3) is 0 Å². The minimum atomic E-state index is -1.65. The number of hydrogen-bond donors (Lipinski definition) is 1. The van der Waals surface area contributed by atoms with Crippen LogP contribution >= 0.6 is 0 Å². The van der Waals surface area contributed by atoms with E-state index < -0.39 is 29.4 Å². The zero-order chi connectivity index (χ0) is 21.2. The number of ketones is 3. The molecule has 6 atom stereocenters. The molecule has 0 spiro atoms. The summed E-state index contributed by atoms with van der Waals surface area (Å²) >= 11 is 0. The van der Waals surface area contributed by atoms with Crippen molar-refractivity contribution in [2.45, 2.75) is 71.3 Å². The third kappa shape index (κ3) is 3.01. The average Bonchev–Trinajstić information content (AvgIpc) is 2.91. The van der Waals surface area contributed by atoms with Crippen LogP contribution in [0.2, 0.25) is 0 Å². The number of carbonyl (C=O) groups is 4. The number of aliphatic hydroxyl groups is 1. The van der Waals surface area contributed by atoms with Gasteiger partial charge in [-0.1, -0.05) is 19.4 Å². The highest BCUT2D eigenvalue weighted by Gasteiger charge is 2.68. The lowest BCUT2D eigenvalue weighted by molar-refractivity contribution is -0.173. The van der Waals surface area contributed by atoms with E-state index in [-0.39, 0.29) is 46.6 Å². The maximum absolute atomic E-state index is 13.5. The molecule has 7 nitrogen and oxygen atoms in total. The molecule has 0 saturated heterocycles. The fraction of sp³-hybridized carbons (Fsp3) is 0.739. The second-order valence-electron chi connectivity index (χ2n) is 10.0. The summed E-state index contributed by atoms with van der Waals surface area (Å²) < 4.78 is 4.86. The standard InChI is InChI=1S/C23H30O6.H2O/c1-13(24)29-12-19(27)23(28)9-7-17-16-5-4-14-10-15(25)6-8-21(14,2)20(16)18(26)11-22(17,23)3;/h10,16-17,20,28H,4-9,11-12H2,1-3H3;1H2/t16-,17-,20+,21-,22-,23-;/m0./s1. The molecule has 4 rings (SSSR count). The van der Waals surface area contributed by atoms with Gasteiger partial charge in [0, 0.05) is 31.1 Å². The van der Waals surface area contributed by atoms with Crippen molar-refractivity contribution in [1.29, 1.82) is 0 Å². The quantitative estimate of drug-likeness (QED) is 0.692. The van der Waals surface area contributed by atoms with E-state index in [2.05, 4.69) is 6.92 Å². The van der Waals surface area contributed by atoms with E-state index in [1.165, 1.54) is 6.92 Å². The normalized spacial score (nSPS) is 42.3. The van der Waals surface area contributed by atoms with Crippen LogP contribution in [0.4, 0.5) is 0 Å². The first-order valence-electron chi connectivity index (χ1n) is 10.7. The highest BCUT2D eigenvalue weighted by atomic mass is 16.5. The zero-order valence-electron chi connectivity index (χ0n) is 18.0. The van der Waals surface area contributed by atoms with Crippen LogP contribution in [0.15, 0.2) is 11.6 Å². The summed E-state index contributed by atoms with van der Waals surface area (Å²) in [7, 11) is 0. The Balaban J connectivity index is 0.00000256. The lowest BCUT2D eigenvalue weighted by Crippen LogP contribution is -2.61. The van der Waals surface area contributed by atoms with Crippen molar-refractivity contribution in [1.82, 2.24) is 0 Å². The minimum absolute atomic E-state index is 0. The van der Waals surface area contributed by atoms with E-state index in [9.17, 15) is 24.3 Å². The van der Waals surface area contributed by atoms with E-state index >= 15 is 0 Å².